The second kappa shape index (κ2) is 4.21. The van der Waals surface area contributed by atoms with Crippen LogP contribution in [-0.4, -0.2) is 0 Å². The molecule has 0 nitrogen and oxygen atoms in total. The van der Waals surface area contributed by atoms with E-state index in [1.165, 1.54) is 6.07 Å². The SMILES string of the molecule is CC1(C)CC=C(c2ccc(F)c(F)c2F)CC1. The number of hydrogen-bond donors (Lipinski definition) is 0. The van der Waals surface area contributed by atoms with E-state index in [2.05, 4.69) is 13.8 Å². The fourth-order valence-corrected chi connectivity index (χ4v) is 2.10. The predicted molar refractivity (Wildman–Crippen MR) is 61.9 cm³/mol. The highest BCUT2D eigenvalue weighted by atomic mass is 19.2. The Morgan fingerprint density at radius 3 is 2.35 bits per heavy atom. The van der Waals surface area contributed by atoms with Gasteiger partial charge < -0.3 is 0 Å². The second-order valence-corrected chi connectivity index (χ2v) is 5.32. The van der Waals surface area contributed by atoms with E-state index in [0.717, 1.165) is 24.5 Å². The minimum atomic E-state index is -1.38. The maximum atomic E-state index is 13.6. The second-order valence-electron chi connectivity index (χ2n) is 5.32. The Morgan fingerprint density at radius 1 is 1.06 bits per heavy atom. The normalized spacial score (nSPS) is 19.0. The Hall–Kier alpha value is -1.25. The molecule has 0 saturated carbocycles. The first-order valence-corrected chi connectivity index (χ1v) is 5.74. The molecule has 0 aromatic heterocycles. The zero-order valence-electron chi connectivity index (χ0n) is 9.99. The maximum Gasteiger partial charge on any atom is 0.195 e. The van der Waals surface area contributed by atoms with E-state index in [0.29, 0.717) is 6.42 Å². The van der Waals surface area contributed by atoms with Gasteiger partial charge >= 0.3 is 0 Å². The third-order valence-electron chi connectivity index (χ3n) is 3.35. The first-order chi connectivity index (χ1) is 7.91. The summed E-state index contributed by atoms with van der Waals surface area (Å²) < 4.78 is 39.5. The van der Waals surface area contributed by atoms with Gasteiger partial charge in [0.1, 0.15) is 0 Å². The summed E-state index contributed by atoms with van der Waals surface area (Å²) in [6, 6.07) is 2.30. The summed E-state index contributed by atoms with van der Waals surface area (Å²) in [5.74, 6) is -3.59. The number of rotatable bonds is 1. The average Bonchev–Trinajstić information content (AvgIpc) is 2.27. The Morgan fingerprint density at radius 2 is 1.76 bits per heavy atom. The zero-order valence-corrected chi connectivity index (χ0v) is 9.99. The molecule has 0 radical (unpaired) electrons. The van der Waals surface area contributed by atoms with Crippen LogP contribution in [-0.2, 0) is 0 Å². The Balaban J connectivity index is 2.37. The average molecular weight is 240 g/mol. The molecule has 1 aliphatic carbocycles. The van der Waals surface area contributed by atoms with Gasteiger partial charge in [-0.25, -0.2) is 13.2 Å². The van der Waals surface area contributed by atoms with Crippen molar-refractivity contribution in [2.24, 2.45) is 5.41 Å². The Bertz CT molecular complexity index is 473. The van der Waals surface area contributed by atoms with Crippen LogP contribution in [0.4, 0.5) is 13.2 Å². The van der Waals surface area contributed by atoms with Crippen molar-refractivity contribution >= 4 is 5.57 Å². The van der Waals surface area contributed by atoms with E-state index in [9.17, 15) is 13.2 Å². The number of allylic oxidation sites excluding steroid dienone is 2. The van der Waals surface area contributed by atoms with Crippen molar-refractivity contribution in [1.29, 1.82) is 0 Å². The Kier molecular flexibility index (Phi) is 3.02. The molecule has 92 valence electrons. The summed E-state index contributed by atoms with van der Waals surface area (Å²) in [5.41, 5.74) is 1.18. The van der Waals surface area contributed by atoms with E-state index in [-0.39, 0.29) is 11.0 Å². The molecule has 0 spiro atoms. The molecular weight excluding hydrogens is 225 g/mol. The van der Waals surface area contributed by atoms with Gasteiger partial charge in [-0.2, -0.15) is 0 Å². The summed E-state index contributed by atoms with van der Waals surface area (Å²) in [6.07, 6.45) is 4.40. The van der Waals surface area contributed by atoms with Gasteiger partial charge in [-0.1, -0.05) is 19.9 Å². The van der Waals surface area contributed by atoms with Crippen LogP contribution in [0.1, 0.15) is 38.7 Å². The molecule has 2 rings (SSSR count). The highest BCUT2D eigenvalue weighted by molar-refractivity contribution is 5.67. The fraction of sp³-hybridized carbons (Fsp3) is 0.429. The standard InChI is InChI=1S/C14H15F3/c1-14(2)7-5-9(6-8-14)10-3-4-11(15)13(17)12(10)16/h3-5H,6-8H2,1-2H3. The molecule has 1 aromatic carbocycles. The van der Waals surface area contributed by atoms with Crippen molar-refractivity contribution < 1.29 is 13.2 Å². The lowest BCUT2D eigenvalue weighted by molar-refractivity contribution is 0.334. The quantitative estimate of drug-likeness (QED) is 0.624. The monoisotopic (exact) mass is 240 g/mol. The van der Waals surface area contributed by atoms with Crippen LogP contribution < -0.4 is 0 Å². The molecule has 0 atom stereocenters. The molecule has 1 aromatic rings. The van der Waals surface area contributed by atoms with Crippen LogP contribution >= 0.6 is 0 Å². The van der Waals surface area contributed by atoms with Gasteiger partial charge in [-0.05, 0) is 42.4 Å². The van der Waals surface area contributed by atoms with Crippen LogP contribution in [0.15, 0.2) is 18.2 Å². The van der Waals surface area contributed by atoms with E-state index >= 15 is 0 Å². The van der Waals surface area contributed by atoms with Gasteiger partial charge in [0.2, 0.25) is 0 Å². The summed E-state index contributed by atoms with van der Waals surface area (Å²) in [7, 11) is 0. The molecule has 0 bridgehead atoms. The van der Waals surface area contributed by atoms with Crippen molar-refractivity contribution in [3.05, 3.63) is 41.2 Å². The van der Waals surface area contributed by atoms with Gasteiger partial charge in [0.15, 0.2) is 17.5 Å². The van der Waals surface area contributed by atoms with Crippen molar-refractivity contribution in [2.45, 2.75) is 33.1 Å². The van der Waals surface area contributed by atoms with E-state index < -0.39 is 17.5 Å². The van der Waals surface area contributed by atoms with Gasteiger partial charge in [0, 0.05) is 5.56 Å². The van der Waals surface area contributed by atoms with Crippen LogP contribution in [0.25, 0.3) is 5.57 Å². The van der Waals surface area contributed by atoms with Crippen LogP contribution in [0.5, 0.6) is 0 Å². The summed E-state index contributed by atoms with van der Waals surface area (Å²) in [5, 5.41) is 0. The molecule has 0 amide bonds. The fourth-order valence-electron chi connectivity index (χ4n) is 2.10. The smallest absolute Gasteiger partial charge is 0.195 e. The minimum absolute atomic E-state index is 0.194. The lowest BCUT2D eigenvalue weighted by Crippen LogP contribution is -2.14. The van der Waals surface area contributed by atoms with Crippen molar-refractivity contribution in [2.75, 3.05) is 0 Å². The molecule has 0 saturated heterocycles. The minimum Gasteiger partial charge on any atom is -0.204 e. The molecule has 0 N–H and O–H groups in total. The van der Waals surface area contributed by atoms with Crippen LogP contribution in [0.2, 0.25) is 0 Å². The predicted octanol–water partition coefficient (Wildman–Crippen LogP) is 4.70. The highest BCUT2D eigenvalue weighted by Crippen LogP contribution is 2.38. The third kappa shape index (κ3) is 2.38. The van der Waals surface area contributed by atoms with Crippen molar-refractivity contribution in [3.63, 3.8) is 0 Å². The van der Waals surface area contributed by atoms with Crippen LogP contribution in [0.3, 0.4) is 0 Å². The number of hydrogen-bond acceptors (Lipinski definition) is 0. The van der Waals surface area contributed by atoms with Crippen LogP contribution in [0, 0.1) is 22.9 Å². The largest absolute Gasteiger partial charge is 0.204 e. The lowest BCUT2D eigenvalue weighted by atomic mass is 9.77. The molecular formula is C14H15F3. The summed E-state index contributed by atoms with van der Waals surface area (Å²) >= 11 is 0. The van der Waals surface area contributed by atoms with E-state index in [1.807, 2.05) is 6.08 Å². The molecule has 0 unspecified atom stereocenters. The first-order valence-electron chi connectivity index (χ1n) is 5.74. The number of benzene rings is 1. The van der Waals surface area contributed by atoms with Crippen molar-refractivity contribution in [1.82, 2.24) is 0 Å². The van der Waals surface area contributed by atoms with E-state index in [1.54, 1.807) is 0 Å². The molecule has 3 heteroatoms. The molecule has 0 fully saturated rings. The molecule has 1 aliphatic rings. The lowest BCUT2D eigenvalue weighted by Gasteiger charge is -2.28. The van der Waals surface area contributed by atoms with Gasteiger partial charge in [0.25, 0.3) is 0 Å². The highest BCUT2D eigenvalue weighted by Gasteiger charge is 2.24. The van der Waals surface area contributed by atoms with Gasteiger partial charge in [0.05, 0.1) is 0 Å². The molecule has 17 heavy (non-hydrogen) atoms. The first kappa shape index (κ1) is 12.2. The molecule has 0 aliphatic heterocycles. The summed E-state index contributed by atoms with van der Waals surface area (Å²) in [4.78, 5) is 0. The topological polar surface area (TPSA) is 0 Å². The zero-order chi connectivity index (χ0) is 12.6. The maximum absolute atomic E-state index is 13.6. The number of halogens is 3. The third-order valence-corrected chi connectivity index (χ3v) is 3.35. The van der Waals surface area contributed by atoms with E-state index in [4.69, 9.17) is 0 Å². The molecule has 0 heterocycles. The Labute approximate surface area is 99.2 Å². The van der Waals surface area contributed by atoms with Gasteiger partial charge in [-0.3, -0.25) is 0 Å². The van der Waals surface area contributed by atoms with Crippen molar-refractivity contribution in [3.8, 4) is 0 Å². The summed E-state index contributed by atoms with van der Waals surface area (Å²) in [6.45, 7) is 4.28. The van der Waals surface area contributed by atoms with Gasteiger partial charge in [-0.15, -0.1) is 0 Å².